The van der Waals surface area contributed by atoms with E-state index in [2.05, 4.69) is 35.6 Å². The third kappa shape index (κ3) is 6.96. The molecule has 5 aromatic rings. The monoisotopic (exact) mass is 675 g/mol. The number of thiazole rings is 1. The molecular weight excluding hydrogens is 641 g/mol. The van der Waals surface area contributed by atoms with Crippen LogP contribution in [0.25, 0.3) is 32.0 Å². The number of aromatic nitrogens is 5. The van der Waals surface area contributed by atoms with Gasteiger partial charge in [0.05, 0.1) is 42.8 Å². The zero-order chi connectivity index (χ0) is 34.0. The molecule has 1 aliphatic rings. The van der Waals surface area contributed by atoms with Crippen LogP contribution in [0.3, 0.4) is 0 Å². The molecule has 2 atom stereocenters. The van der Waals surface area contributed by atoms with E-state index >= 15 is 4.39 Å². The van der Waals surface area contributed by atoms with Crippen LogP contribution in [0.5, 0.6) is 11.8 Å². The molecule has 1 fully saturated rings. The van der Waals surface area contributed by atoms with Crippen LogP contribution in [-0.4, -0.2) is 74.5 Å². The highest BCUT2D eigenvalue weighted by Crippen LogP contribution is 2.39. The Bertz CT molecular complexity index is 1980. The van der Waals surface area contributed by atoms with Gasteiger partial charge in [-0.25, -0.2) is 29.1 Å². The van der Waals surface area contributed by atoms with Crippen LogP contribution in [0.4, 0.5) is 14.9 Å². The summed E-state index contributed by atoms with van der Waals surface area (Å²) in [5.74, 6) is -0.935. The van der Waals surface area contributed by atoms with Crippen molar-refractivity contribution in [1.82, 2.24) is 30.2 Å². The number of hydrogen-bond donors (Lipinski definition) is 3. The van der Waals surface area contributed by atoms with Gasteiger partial charge in [0, 0.05) is 23.6 Å². The van der Waals surface area contributed by atoms with Crippen LogP contribution in [0.15, 0.2) is 42.7 Å². The molecule has 0 bridgehead atoms. The predicted molar refractivity (Wildman–Crippen MR) is 177 cm³/mol. The second-order valence-corrected chi connectivity index (χ2v) is 12.9. The van der Waals surface area contributed by atoms with E-state index in [1.165, 1.54) is 49.0 Å². The van der Waals surface area contributed by atoms with Gasteiger partial charge in [0.15, 0.2) is 5.82 Å². The number of nitrogens with one attached hydrogen (secondary N) is 2. The van der Waals surface area contributed by atoms with E-state index in [1.54, 1.807) is 13.8 Å². The number of hydrogen-bond acceptors (Lipinski definition) is 12. The maximum atomic E-state index is 15.1. The molecule has 3 N–H and O–H groups in total. The van der Waals surface area contributed by atoms with Gasteiger partial charge in [-0.05, 0) is 63.4 Å². The number of benzene rings is 1. The highest BCUT2D eigenvalue weighted by molar-refractivity contribution is 7.21. The van der Waals surface area contributed by atoms with Crippen LogP contribution >= 0.6 is 11.3 Å². The molecule has 0 unspecified atom stereocenters. The number of nitrogens with zero attached hydrogens (tertiary/aromatic N) is 5. The van der Waals surface area contributed by atoms with Crippen molar-refractivity contribution in [3.05, 3.63) is 59.8 Å². The van der Waals surface area contributed by atoms with E-state index < -0.39 is 24.1 Å². The smallest absolute Gasteiger partial charge is 0.412 e. The molecule has 4 aromatic heterocycles. The highest BCUT2D eigenvalue weighted by atomic mass is 32.1. The Kier molecular flexibility index (Phi) is 9.33. The van der Waals surface area contributed by atoms with Crippen molar-refractivity contribution in [2.45, 2.75) is 52.2 Å². The summed E-state index contributed by atoms with van der Waals surface area (Å²) < 4.78 is 31.6. The summed E-state index contributed by atoms with van der Waals surface area (Å²) in [4.78, 5) is 47.6. The van der Waals surface area contributed by atoms with E-state index in [0.717, 1.165) is 30.4 Å². The fraction of sp³-hybridized carbons (Fsp3) is 0.364. The lowest BCUT2D eigenvalue weighted by molar-refractivity contribution is 0.0379. The van der Waals surface area contributed by atoms with Crippen LogP contribution in [0.1, 0.15) is 49.2 Å². The molecule has 0 aliphatic heterocycles. The number of rotatable bonds is 11. The fourth-order valence-corrected chi connectivity index (χ4v) is 6.17. The lowest BCUT2D eigenvalue weighted by Crippen LogP contribution is -2.44. The number of methoxy groups -OCH3 is 1. The van der Waals surface area contributed by atoms with Crippen molar-refractivity contribution in [3.8, 4) is 22.3 Å². The molecule has 1 aromatic carbocycles. The van der Waals surface area contributed by atoms with Crippen LogP contribution in [0, 0.1) is 18.2 Å². The van der Waals surface area contributed by atoms with Gasteiger partial charge in [-0.1, -0.05) is 17.8 Å². The zero-order valence-corrected chi connectivity index (χ0v) is 27.6. The maximum absolute atomic E-state index is 15.1. The van der Waals surface area contributed by atoms with E-state index in [-0.39, 0.29) is 29.5 Å². The number of pyridine rings is 2. The predicted octanol–water partition coefficient (Wildman–Crippen LogP) is 5.45. The number of fused-ring (bicyclic) bond motifs is 2. The van der Waals surface area contributed by atoms with E-state index in [9.17, 15) is 14.7 Å². The number of halogens is 1. The van der Waals surface area contributed by atoms with Gasteiger partial charge < -0.3 is 24.6 Å². The minimum absolute atomic E-state index is 0.0287. The standard InChI is InChI=1S/C33H34FN7O6S/c1-17-10-21(27-24(11-17)39-26(45-4)14-36-27)30-40-25-12-22(34)29(41-31(25)48-30)46-18(2)19(3)47-32(44)38-20-6-7-23(35-13-20)28(43)37-15-33(16-42)8-5-9-33/h6-7,10-14,18-19,42H,5,8-9,15-16H2,1-4H3,(H,37,43)(H,38,44)/t18-,19+/m0/s1. The van der Waals surface area contributed by atoms with Gasteiger partial charge in [-0.3, -0.25) is 10.1 Å². The quantitative estimate of drug-likeness (QED) is 0.163. The number of aryl methyl sites for hydroxylation is 1. The molecule has 250 valence electrons. The molecule has 0 radical (unpaired) electrons. The number of ether oxygens (including phenoxy) is 3. The number of carbonyl (C=O) groups is 2. The van der Waals surface area contributed by atoms with Crippen LogP contribution in [-0.2, 0) is 4.74 Å². The molecule has 1 aliphatic carbocycles. The molecular formula is C33H34FN7O6S. The fourth-order valence-electron chi connectivity index (χ4n) is 5.24. The summed E-state index contributed by atoms with van der Waals surface area (Å²) in [6, 6.07) is 8.10. The molecule has 1 saturated carbocycles. The molecule has 0 spiro atoms. The van der Waals surface area contributed by atoms with Gasteiger partial charge in [-0.15, -0.1) is 0 Å². The summed E-state index contributed by atoms with van der Waals surface area (Å²) in [6.45, 7) is 5.58. The molecule has 2 amide bonds. The van der Waals surface area contributed by atoms with E-state index in [0.29, 0.717) is 44.5 Å². The Morgan fingerprint density at radius 1 is 1.06 bits per heavy atom. The van der Waals surface area contributed by atoms with Crippen molar-refractivity contribution in [2.24, 2.45) is 5.41 Å². The molecule has 13 nitrogen and oxygen atoms in total. The van der Waals surface area contributed by atoms with Gasteiger partial charge >= 0.3 is 6.09 Å². The minimum Gasteiger partial charge on any atom is -0.480 e. The second-order valence-electron chi connectivity index (χ2n) is 11.9. The highest BCUT2D eigenvalue weighted by Gasteiger charge is 2.36. The maximum Gasteiger partial charge on any atom is 0.412 e. The molecule has 48 heavy (non-hydrogen) atoms. The van der Waals surface area contributed by atoms with Crippen molar-refractivity contribution >= 4 is 50.4 Å². The van der Waals surface area contributed by atoms with E-state index in [4.69, 9.17) is 14.2 Å². The first-order chi connectivity index (χ1) is 23.1. The first-order valence-electron chi connectivity index (χ1n) is 15.3. The van der Waals surface area contributed by atoms with Gasteiger partial charge in [-0.2, -0.15) is 4.98 Å². The molecule has 0 saturated heterocycles. The normalized spacial score (nSPS) is 15.0. The van der Waals surface area contributed by atoms with Crippen molar-refractivity contribution < 1.29 is 33.3 Å². The number of amides is 2. The molecule has 15 heteroatoms. The van der Waals surface area contributed by atoms with Gasteiger partial charge in [0.2, 0.25) is 5.88 Å². The first-order valence-corrected chi connectivity index (χ1v) is 16.2. The first kappa shape index (κ1) is 32.9. The van der Waals surface area contributed by atoms with Crippen molar-refractivity contribution in [1.29, 1.82) is 0 Å². The van der Waals surface area contributed by atoms with Gasteiger partial charge in [0.1, 0.15) is 33.3 Å². The van der Waals surface area contributed by atoms with Crippen molar-refractivity contribution in [3.63, 3.8) is 0 Å². The van der Waals surface area contributed by atoms with Crippen molar-refractivity contribution in [2.75, 3.05) is 25.6 Å². The minimum atomic E-state index is -0.795. The van der Waals surface area contributed by atoms with E-state index in [1.807, 2.05) is 19.1 Å². The summed E-state index contributed by atoms with van der Waals surface area (Å²) in [7, 11) is 1.52. The number of anilines is 1. The summed E-state index contributed by atoms with van der Waals surface area (Å²) in [5, 5.41) is 15.6. The lowest BCUT2D eigenvalue weighted by Gasteiger charge is -2.40. The molecule has 6 rings (SSSR count). The van der Waals surface area contributed by atoms with Gasteiger partial charge in [0.25, 0.3) is 11.8 Å². The third-order valence-electron chi connectivity index (χ3n) is 8.38. The number of aliphatic hydroxyl groups is 1. The Labute approximate surface area is 278 Å². The summed E-state index contributed by atoms with van der Waals surface area (Å²) >= 11 is 1.26. The Morgan fingerprint density at radius 3 is 2.56 bits per heavy atom. The Balaban J connectivity index is 1.07. The largest absolute Gasteiger partial charge is 0.480 e. The van der Waals surface area contributed by atoms with Crippen LogP contribution in [0.2, 0.25) is 0 Å². The zero-order valence-electron chi connectivity index (χ0n) is 26.7. The third-order valence-corrected chi connectivity index (χ3v) is 9.38. The second kappa shape index (κ2) is 13.6. The lowest BCUT2D eigenvalue weighted by atomic mass is 9.69. The Morgan fingerprint density at radius 2 is 1.88 bits per heavy atom. The number of aliphatic hydroxyl groups excluding tert-OH is 1. The SMILES string of the molecule is COc1cnc2c(-c3nc4cc(F)c(O[C@@H](C)[C@@H](C)OC(=O)Nc5ccc(C(=O)NCC6(CO)CCC6)nc5)nc4s3)cc(C)cc2n1. The average molecular weight is 676 g/mol. The summed E-state index contributed by atoms with van der Waals surface area (Å²) in [5.41, 5.74) is 3.56. The topological polar surface area (TPSA) is 171 Å². The average Bonchev–Trinajstić information content (AvgIpc) is 3.46. The summed E-state index contributed by atoms with van der Waals surface area (Å²) in [6.07, 6.45) is 3.30. The van der Waals surface area contributed by atoms with Crippen LogP contribution < -0.4 is 20.1 Å². The molecule has 4 heterocycles. The Hall–Kier alpha value is -5.02. The number of carbonyl (C=O) groups excluding carboxylic acids is 2.